The maximum atomic E-state index is 12.9. The molecule has 20 heavy (non-hydrogen) atoms. The minimum Gasteiger partial charge on any atom is -0.340 e. The molecular formula is C17H32N2O. The Morgan fingerprint density at radius 1 is 1.15 bits per heavy atom. The second-order valence-electron chi connectivity index (χ2n) is 6.89. The molecule has 3 atom stereocenters. The van der Waals surface area contributed by atoms with E-state index in [9.17, 15) is 4.79 Å². The molecule has 0 radical (unpaired) electrons. The average molecular weight is 280 g/mol. The van der Waals surface area contributed by atoms with Gasteiger partial charge in [0.25, 0.3) is 0 Å². The summed E-state index contributed by atoms with van der Waals surface area (Å²) in [5, 5.41) is 0. The Bertz CT molecular complexity index is 312. The van der Waals surface area contributed by atoms with E-state index in [0.717, 1.165) is 19.4 Å². The van der Waals surface area contributed by atoms with Crippen LogP contribution in [-0.4, -0.2) is 29.4 Å². The molecular weight excluding hydrogens is 248 g/mol. The fourth-order valence-electron chi connectivity index (χ4n) is 4.17. The summed E-state index contributed by atoms with van der Waals surface area (Å²) in [5.74, 6) is 1.05. The number of hydrogen-bond donors (Lipinski definition) is 1. The fraction of sp³-hybridized carbons (Fsp3) is 0.941. The van der Waals surface area contributed by atoms with Crippen LogP contribution in [0, 0.1) is 11.8 Å². The third-order valence-electron chi connectivity index (χ3n) is 5.49. The van der Waals surface area contributed by atoms with Gasteiger partial charge in [-0.2, -0.15) is 0 Å². The van der Waals surface area contributed by atoms with E-state index in [-0.39, 0.29) is 5.92 Å². The molecule has 2 fully saturated rings. The minimum atomic E-state index is 0.156. The first-order chi connectivity index (χ1) is 9.63. The highest BCUT2D eigenvalue weighted by Crippen LogP contribution is 2.32. The SMILES string of the molecule is CCN(C(=O)C(C)C1CCCC(N)C1)C1CCCCC1. The van der Waals surface area contributed by atoms with Gasteiger partial charge in [-0.3, -0.25) is 4.79 Å². The van der Waals surface area contributed by atoms with Gasteiger partial charge in [-0.05, 0) is 44.9 Å². The number of hydrogen-bond acceptors (Lipinski definition) is 2. The van der Waals surface area contributed by atoms with Crippen molar-refractivity contribution in [3.63, 3.8) is 0 Å². The first kappa shape index (κ1) is 15.8. The van der Waals surface area contributed by atoms with Crippen molar-refractivity contribution >= 4 is 5.91 Å². The molecule has 2 saturated carbocycles. The number of carbonyl (C=O) groups is 1. The van der Waals surface area contributed by atoms with Gasteiger partial charge in [0.2, 0.25) is 5.91 Å². The van der Waals surface area contributed by atoms with Gasteiger partial charge in [0.15, 0.2) is 0 Å². The normalized spacial score (nSPS) is 29.9. The number of nitrogens with two attached hydrogens (primary N) is 1. The van der Waals surface area contributed by atoms with Crippen LogP contribution in [0.1, 0.15) is 71.6 Å². The highest BCUT2D eigenvalue weighted by atomic mass is 16.2. The summed E-state index contributed by atoms with van der Waals surface area (Å²) in [6, 6.07) is 0.815. The molecule has 2 rings (SSSR count). The summed E-state index contributed by atoms with van der Waals surface area (Å²) in [6.07, 6.45) is 10.9. The predicted molar refractivity (Wildman–Crippen MR) is 83.4 cm³/mol. The minimum absolute atomic E-state index is 0.156. The van der Waals surface area contributed by atoms with Crippen molar-refractivity contribution in [1.82, 2.24) is 4.90 Å². The molecule has 0 bridgehead atoms. The molecule has 0 aromatic rings. The topological polar surface area (TPSA) is 46.3 Å². The lowest BCUT2D eigenvalue weighted by Gasteiger charge is -2.38. The Labute approximate surface area is 124 Å². The zero-order valence-corrected chi connectivity index (χ0v) is 13.3. The van der Waals surface area contributed by atoms with Crippen LogP contribution in [0.5, 0.6) is 0 Å². The van der Waals surface area contributed by atoms with Gasteiger partial charge >= 0.3 is 0 Å². The Kier molecular flexibility index (Phi) is 5.88. The number of carbonyl (C=O) groups excluding carboxylic acids is 1. The molecule has 3 unspecified atom stereocenters. The lowest BCUT2D eigenvalue weighted by Crippen LogP contribution is -2.46. The van der Waals surface area contributed by atoms with Crippen LogP contribution < -0.4 is 5.73 Å². The monoisotopic (exact) mass is 280 g/mol. The number of rotatable bonds is 4. The van der Waals surface area contributed by atoms with Gasteiger partial charge in [0.05, 0.1) is 0 Å². The van der Waals surface area contributed by atoms with Crippen LogP contribution in [0.15, 0.2) is 0 Å². The quantitative estimate of drug-likeness (QED) is 0.858. The summed E-state index contributed by atoms with van der Waals surface area (Å²) < 4.78 is 0. The van der Waals surface area contributed by atoms with E-state index in [1.54, 1.807) is 0 Å². The maximum absolute atomic E-state index is 12.9. The number of nitrogens with zero attached hydrogens (tertiary/aromatic N) is 1. The van der Waals surface area contributed by atoms with E-state index in [2.05, 4.69) is 18.7 Å². The molecule has 3 nitrogen and oxygen atoms in total. The van der Waals surface area contributed by atoms with Crippen molar-refractivity contribution in [3.05, 3.63) is 0 Å². The summed E-state index contributed by atoms with van der Waals surface area (Å²) in [6.45, 7) is 5.13. The first-order valence-electron chi connectivity index (χ1n) is 8.69. The molecule has 0 spiro atoms. The summed E-state index contributed by atoms with van der Waals surface area (Å²) in [7, 11) is 0. The number of amides is 1. The molecule has 2 aliphatic carbocycles. The molecule has 2 N–H and O–H groups in total. The summed E-state index contributed by atoms with van der Waals surface area (Å²) in [4.78, 5) is 15.0. The van der Waals surface area contributed by atoms with E-state index in [1.807, 2.05) is 0 Å². The highest BCUT2D eigenvalue weighted by molar-refractivity contribution is 5.79. The van der Waals surface area contributed by atoms with E-state index in [1.165, 1.54) is 44.9 Å². The zero-order valence-electron chi connectivity index (χ0n) is 13.3. The largest absolute Gasteiger partial charge is 0.340 e. The summed E-state index contributed by atoms with van der Waals surface area (Å²) >= 11 is 0. The molecule has 0 aliphatic heterocycles. The van der Waals surface area contributed by atoms with Crippen molar-refractivity contribution in [2.24, 2.45) is 17.6 Å². The van der Waals surface area contributed by atoms with Crippen LogP contribution in [0.4, 0.5) is 0 Å². The molecule has 0 heterocycles. The standard InChI is InChI=1S/C17H32N2O/c1-3-19(16-10-5-4-6-11-16)17(20)13(2)14-8-7-9-15(18)12-14/h13-16H,3-12,18H2,1-2H3. The third kappa shape index (κ3) is 3.75. The van der Waals surface area contributed by atoms with E-state index in [0.29, 0.717) is 23.9 Å². The summed E-state index contributed by atoms with van der Waals surface area (Å²) in [5.41, 5.74) is 6.09. The Hall–Kier alpha value is -0.570. The molecule has 116 valence electrons. The molecule has 0 aromatic carbocycles. The second-order valence-corrected chi connectivity index (χ2v) is 6.89. The lowest BCUT2D eigenvalue weighted by atomic mass is 9.78. The molecule has 1 amide bonds. The van der Waals surface area contributed by atoms with Crippen molar-refractivity contribution < 1.29 is 4.79 Å². The molecule has 0 saturated heterocycles. The smallest absolute Gasteiger partial charge is 0.225 e. The van der Waals surface area contributed by atoms with Crippen LogP contribution in [0.2, 0.25) is 0 Å². The van der Waals surface area contributed by atoms with Gasteiger partial charge in [-0.15, -0.1) is 0 Å². The lowest BCUT2D eigenvalue weighted by molar-refractivity contribution is -0.140. The average Bonchev–Trinajstić information content (AvgIpc) is 2.48. The Morgan fingerprint density at radius 2 is 1.85 bits per heavy atom. The van der Waals surface area contributed by atoms with Gasteiger partial charge in [-0.25, -0.2) is 0 Å². The van der Waals surface area contributed by atoms with Crippen LogP contribution in [0.25, 0.3) is 0 Å². The van der Waals surface area contributed by atoms with Crippen molar-refractivity contribution in [2.75, 3.05) is 6.54 Å². The third-order valence-corrected chi connectivity index (χ3v) is 5.49. The van der Waals surface area contributed by atoms with Gasteiger partial charge in [0.1, 0.15) is 0 Å². The predicted octanol–water partition coefficient (Wildman–Crippen LogP) is 3.32. The Morgan fingerprint density at radius 3 is 2.45 bits per heavy atom. The van der Waals surface area contributed by atoms with Gasteiger partial charge < -0.3 is 10.6 Å². The maximum Gasteiger partial charge on any atom is 0.225 e. The van der Waals surface area contributed by atoms with Crippen molar-refractivity contribution in [3.8, 4) is 0 Å². The van der Waals surface area contributed by atoms with E-state index >= 15 is 0 Å². The van der Waals surface area contributed by atoms with Gasteiger partial charge in [0, 0.05) is 24.5 Å². The van der Waals surface area contributed by atoms with E-state index < -0.39 is 0 Å². The van der Waals surface area contributed by atoms with Crippen LogP contribution >= 0.6 is 0 Å². The second kappa shape index (κ2) is 7.44. The van der Waals surface area contributed by atoms with Crippen LogP contribution in [-0.2, 0) is 4.79 Å². The first-order valence-corrected chi connectivity index (χ1v) is 8.69. The zero-order chi connectivity index (χ0) is 14.5. The fourth-order valence-corrected chi connectivity index (χ4v) is 4.17. The van der Waals surface area contributed by atoms with Gasteiger partial charge in [-0.1, -0.05) is 32.6 Å². The van der Waals surface area contributed by atoms with E-state index in [4.69, 9.17) is 5.73 Å². The molecule has 2 aliphatic rings. The molecule has 3 heteroatoms. The molecule has 0 aromatic heterocycles. The van der Waals surface area contributed by atoms with Crippen molar-refractivity contribution in [1.29, 1.82) is 0 Å². The highest BCUT2D eigenvalue weighted by Gasteiger charge is 2.33. The van der Waals surface area contributed by atoms with Crippen molar-refractivity contribution in [2.45, 2.75) is 83.7 Å². The Balaban J connectivity index is 1.95. The van der Waals surface area contributed by atoms with Crippen LogP contribution in [0.3, 0.4) is 0 Å².